The molecule has 0 saturated heterocycles. The smallest absolute Gasteiger partial charge is 0.275 e. The van der Waals surface area contributed by atoms with Gasteiger partial charge in [0.2, 0.25) is 5.91 Å². The second-order valence-electron chi connectivity index (χ2n) is 6.56. The van der Waals surface area contributed by atoms with Crippen molar-refractivity contribution in [1.82, 2.24) is 15.1 Å². The Balaban J connectivity index is 1.73. The van der Waals surface area contributed by atoms with Crippen molar-refractivity contribution < 1.29 is 14.3 Å². The number of aromatic nitrogens is 2. The van der Waals surface area contributed by atoms with Gasteiger partial charge in [-0.25, -0.2) is 4.68 Å². The van der Waals surface area contributed by atoms with Crippen LogP contribution in [0.1, 0.15) is 32.4 Å². The first kappa shape index (κ1) is 20.4. The minimum Gasteiger partial charge on any atom is -0.490 e. The maximum atomic E-state index is 12.5. The second-order valence-corrected chi connectivity index (χ2v) is 6.56. The van der Waals surface area contributed by atoms with Crippen molar-refractivity contribution in [2.75, 3.05) is 13.2 Å². The van der Waals surface area contributed by atoms with Gasteiger partial charge < -0.3 is 14.8 Å². The number of amides is 1. The Labute approximate surface area is 169 Å². The molecule has 3 aromatic rings. The first-order valence-electron chi connectivity index (χ1n) is 9.67. The van der Waals surface area contributed by atoms with E-state index in [1.807, 2.05) is 51.1 Å². The van der Waals surface area contributed by atoms with Crippen LogP contribution in [0.4, 0.5) is 0 Å². The van der Waals surface area contributed by atoms with Crippen LogP contribution in [0.15, 0.2) is 53.5 Å². The van der Waals surface area contributed by atoms with Gasteiger partial charge in [-0.2, -0.15) is 5.10 Å². The van der Waals surface area contributed by atoms with E-state index in [2.05, 4.69) is 10.4 Å². The second kappa shape index (κ2) is 9.23. The Morgan fingerprint density at radius 2 is 1.83 bits per heavy atom. The van der Waals surface area contributed by atoms with E-state index < -0.39 is 0 Å². The lowest BCUT2D eigenvalue weighted by atomic mass is 10.1. The van der Waals surface area contributed by atoms with Crippen molar-refractivity contribution in [3.8, 4) is 11.5 Å². The molecule has 1 atom stereocenters. The fraction of sp³-hybridized carbons (Fsp3) is 0.318. The van der Waals surface area contributed by atoms with Crippen LogP contribution >= 0.6 is 0 Å². The minimum atomic E-state index is -0.297. The lowest BCUT2D eigenvalue weighted by molar-refractivity contribution is -0.122. The summed E-state index contributed by atoms with van der Waals surface area (Å²) >= 11 is 0. The number of ether oxygens (including phenoxy) is 2. The summed E-state index contributed by atoms with van der Waals surface area (Å²) in [6, 6.07) is 12.5. The Kier molecular flexibility index (Phi) is 6.49. The van der Waals surface area contributed by atoms with Gasteiger partial charge in [-0.3, -0.25) is 9.59 Å². The van der Waals surface area contributed by atoms with Crippen molar-refractivity contribution in [2.45, 2.75) is 33.4 Å². The molecule has 7 heteroatoms. The number of rotatable bonds is 8. The summed E-state index contributed by atoms with van der Waals surface area (Å²) in [6.45, 7) is 6.60. The largest absolute Gasteiger partial charge is 0.490 e. The molecule has 7 nitrogen and oxygen atoms in total. The zero-order chi connectivity index (χ0) is 20.8. The molecule has 0 unspecified atom stereocenters. The van der Waals surface area contributed by atoms with E-state index in [0.29, 0.717) is 30.1 Å². The average molecular weight is 395 g/mol. The van der Waals surface area contributed by atoms with Gasteiger partial charge in [0.25, 0.3) is 5.56 Å². The third kappa shape index (κ3) is 4.74. The summed E-state index contributed by atoms with van der Waals surface area (Å²) in [6.07, 6.45) is 1.59. The van der Waals surface area contributed by atoms with Crippen LogP contribution in [0.3, 0.4) is 0 Å². The summed E-state index contributed by atoms with van der Waals surface area (Å²) in [5.41, 5.74) is 0.592. The normalized spacial score (nSPS) is 11.8. The van der Waals surface area contributed by atoms with E-state index in [-0.39, 0.29) is 24.1 Å². The molecule has 0 aliphatic heterocycles. The van der Waals surface area contributed by atoms with Gasteiger partial charge in [0.1, 0.15) is 6.54 Å². The highest BCUT2D eigenvalue weighted by Crippen LogP contribution is 2.30. The number of carbonyl (C=O) groups is 1. The van der Waals surface area contributed by atoms with Gasteiger partial charge >= 0.3 is 0 Å². The standard InChI is InChI=1S/C22H25N3O4/c1-4-28-19-11-10-16(12-20(19)29-5-2)15(3)24-21(26)14-25-22(27)18-9-7-6-8-17(18)13-23-25/h6-13,15H,4-5,14H2,1-3H3,(H,24,26)/t15-/m1/s1. The number of nitrogens with one attached hydrogen (secondary N) is 1. The van der Waals surface area contributed by atoms with Crippen LogP contribution in [0.25, 0.3) is 10.8 Å². The van der Waals surface area contributed by atoms with Crippen molar-refractivity contribution in [3.63, 3.8) is 0 Å². The number of nitrogens with zero attached hydrogens (tertiary/aromatic N) is 2. The molecule has 1 amide bonds. The molecule has 0 aliphatic carbocycles. The topological polar surface area (TPSA) is 82.5 Å². The van der Waals surface area contributed by atoms with Crippen LogP contribution in [-0.2, 0) is 11.3 Å². The third-order valence-corrected chi connectivity index (χ3v) is 4.50. The molecular weight excluding hydrogens is 370 g/mol. The Morgan fingerprint density at radius 3 is 2.59 bits per heavy atom. The van der Waals surface area contributed by atoms with Crippen molar-refractivity contribution in [1.29, 1.82) is 0 Å². The number of carbonyl (C=O) groups excluding carboxylic acids is 1. The summed E-state index contributed by atoms with van der Waals surface area (Å²) in [5, 5.41) is 8.30. The van der Waals surface area contributed by atoms with Crippen molar-refractivity contribution in [3.05, 3.63) is 64.6 Å². The first-order valence-corrected chi connectivity index (χ1v) is 9.67. The van der Waals surface area contributed by atoms with E-state index >= 15 is 0 Å². The Morgan fingerprint density at radius 1 is 1.10 bits per heavy atom. The van der Waals surface area contributed by atoms with Gasteiger partial charge in [0.05, 0.1) is 30.8 Å². The van der Waals surface area contributed by atoms with E-state index in [1.165, 1.54) is 4.68 Å². The van der Waals surface area contributed by atoms with Crippen molar-refractivity contribution in [2.24, 2.45) is 0 Å². The lowest BCUT2D eigenvalue weighted by Crippen LogP contribution is -2.34. The summed E-state index contributed by atoms with van der Waals surface area (Å²) in [5.74, 6) is 1.01. The molecule has 1 aromatic heterocycles. The van der Waals surface area contributed by atoms with Crippen LogP contribution in [0.2, 0.25) is 0 Å². The van der Waals surface area contributed by atoms with Gasteiger partial charge in [-0.1, -0.05) is 24.3 Å². The molecule has 29 heavy (non-hydrogen) atoms. The molecule has 1 heterocycles. The molecule has 0 fully saturated rings. The molecule has 0 spiro atoms. The number of hydrogen-bond donors (Lipinski definition) is 1. The number of hydrogen-bond acceptors (Lipinski definition) is 5. The fourth-order valence-corrected chi connectivity index (χ4v) is 3.08. The summed E-state index contributed by atoms with van der Waals surface area (Å²) < 4.78 is 12.4. The molecule has 0 saturated carbocycles. The molecule has 152 valence electrons. The van der Waals surface area contributed by atoms with E-state index in [9.17, 15) is 9.59 Å². The average Bonchev–Trinajstić information content (AvgIpc) is 2.72. The Hall–Kier alpha value is -3.35. The Bertz CT molecular complexity index is 1060. The molecule has 0 bridgehead atoms. The monoisotopic (exact) mass is 395 g/mol. The van der Waals surface area contributed by atoms with Crippen LogP contribution < -0.4 is 20.3 Å². The highest BCUT2D eigenvalue weighted by molar-refractivity contribution is 5.81. The molecule has 2 aromatic carbocycles. The predicted octanol–water partition coefficient (Wildman–Crippen LogP) is 3.07. The minimum absolute atomic E-state index is 0.149. The lowest BCUT2D eigenvalue weighted by Gasteiger charge is -2.17. The van der Waals surface area contributed by atoms with Crippen LogP contribution in [0, 0.1) is 0 Å². The quantitative estimate of drug-likeness (QED) is 0.634. The van der Waals surface area contributed by atoms with E-state index in [4.69, 9.17) is 9.47 Å². The van der Waals surface area contributed by atoms with Gasteiger partial charge in [0.15, 0.2) is 11.5 Å². The predicted molar refractivity (Wildman–Crippen MR) is 111 cm³/mol. The first-order chi connectivity index (χ1) is 14.0. The fourth-order valence-electron chi connectivity index (χ4n) is 3.08. The SMILES string of the molecule is CCOc1ccc([C@@H](C)NC(=O)Cn2ncc3ccccc3c2=O)cc1OCC. The maximum Gasteiger partial charge on any atom is 0.275 e. The zero-order valence-electron chi connectivity index (χ0n) is 16.8. The molecule has 1 N–H and O–H groups in total. The number of benzene rings is 2. The molecular formula is C22H25N3O4. The third-order valence-electron chi connectivity index (χ3n) is 4.50. The van der Waals surface area contributed by atoms with E-state index in [1.54, 1.807) is 18.3 Å². The molecule has 0 radical (unpaired) electrons. The highest BCUT2D eigenvalue weighted by Gasteiger charge is 2.15. The molecule has 3 rings (SSSR count). The highest BCUT2D eigenvalue weighted by atomic mass is 16.5. The van der Waals surface area contributed by atoms with Crippen molar-refractivity contribution >= 4 is 16.7 Å². The van der Waals surface area contributed by atoms with Gasteiger partial charge in [-0.05, 0) is 44.5 Å². The zero-order valence-corrected chi connectivity index (χ0v) is 16.8. The van der Waals surface area contributed by atoms with Crippen LogP contribution in [-0.4, -0.2) is 28.9 Å². The maximum absolute atomic E-state index is 12.5. The van der Waals surface area contributed by atoms with Gasteiger partial charge in [-0.15, -0.1) is 0 Å². The number of fused-ring (bicyclic) bond motifs is 1. The summed E-state index contributed by atoms with van der Waals surface area (Å²) in [7, 11) is 0. The van der Waals surface area contributed by atoms with Crippen LogP contribution in [0.5, 0.6) is 11.5 Å². The van der Waals surface area contributed by atoms with Gasteiger partial charge in [0, 0.05) is 5.39 Å². The summed E-state index contributed by atoms with van der Waals surface area (Å²) in [4.78, 5) is 25.0. The van der Waals surface area contributed by atoms with E-state index in [0.717, 1.165) is 10.9 Å². The molecule has 0 aliphatic rings.